The van der Waals surface area contributed by atoms with Crippen LogP contribution in [0.2, 0.25) is 0 Å². The molecule has 2 heterocycles. The summed E-state index contributed by atoms with van der Waals surface area (Å²) in [7, 11) is 1.60. The number of benzene rings is 1. The monoisotopic (exact) mass is 316 g/mol. The van der Waals surface area contributed by atoms with Crippen LogP contribution < -0.4 is 16.1 Å². The van der Waals surface area contributed by atoms with E-state index in [1.165, 1.54) is 4.52 Å². The number of aromatic nitrogens is 5. The second-order valence-corrected chi connectivity index (χ2v) is 4.79. The molecule has 3 aromatic rings. The first-order valence-electron chi connectivity index (χ1n) is 6.28. The van der Waals surface area contributed by atoms with Crippen molar-refractivity contribution in [3.05, 3.63) is 50.6 Å². The zero-order valence-electron chi connectivity index (χ0n) is 11.6. The molecular weight excluding hydrogens is 304 g/mol. The van der Waals surface area contributed by atoms with E-state index in [0.29, 0.717) is 0 Å². The van der Waals surface area contributed by atoms with Crippen molar-refractivity contribution in [2.75, 3.05) is 13.0 Å². The molecule has 0 spiro atoms. The summed E-state index contributed by atoms with van der Waals surface area (Å²) in [6.45, 7) is 0. The number of rotatable bonds is 3. The average molecular weight is 316 g/mol. The molecule has 1 aromatic carbocycles. The summed E-state index contributed by atoms with van der Waals surface area (Å²) in [5, 5.41) is 10.5. The van der Waals surface area contributed by atoms with E-state index in [-0.39, 0.29) is 16.2 Å². The summed E-state index contributed by atoms with van der Waals surface area (Å²) in [5.74, 6) is 6.61. The van der Waals surface area contributed by atoms with E-state index in [9.17, 15) is 4.79 Å². The summed E-state index contributed by atoms with van der Waals surface area (Å²) in [6.07, 6.45) is 3.32. The van der Waals surface area contributed by atoms with Gasteiger partial charge in [-0.25, -0.2) is 5.10 Å². The number of hydrogen-bond acceptors (Lipinski definition) is 6. The number of nitrogen functional groups attached to an aromatic ring is 1. The molecule has 0 saturated heterocycles. The fraction of sp³-hybridized carbons (Fsp3) is 0.0769. The van der Waals surface area contributed by atoms with Gasteiger partial charge in [0, 0.05) is 0 Å². The van der Waals surface area contributed by atoms with Gasteiger partial charge in [0.25, 0.3) is 11.3 Å². The van der Waals surface area contributed by atoms with Crippen LogP contribution in [-0.2, 0) is 0 Å². The minimum Gasteiger partial charge on any atom is -0.497 e. The Bertz CT molecular complexity index is 967. The van der Waals surface area contributed by atoms with Gasteiger partial charge in [-0.3, -0.25) is 4.79 Å². The molecule has 9 heteroatoms. The average Bonchev–Trinajstić information content (AvgIpc) is 2.91. The third kappa shape index (κ3) is 2.37. The standard InChI is InChI=1S/C13H12N6O2S/c1-21-9-5-2-8(3-6-9)4-7-10-11(20)18(14)12-15-16-13(22)19(12)17-10/h2-7H,14H2,1H3,(H,16,22). The fourth-order valence-corrected chi connectivity index (χ4v) is 2.06. The van der Waals surface area contributed by atoms with E-state index in [1.54, 1.807) is 19.3 Å². The lowest BCUT2D eigenvalue weighted by Gasteiger charge is -2.01. The number of ether oxygens (including phenoxy) is 1. The quantitative estimate of drug-likeness (QED) is 0.548. The van der Waals surface area contributed by atoms with E-state index in [0.717, 1.165) is 16.0 Å². The number of hydrogen-bond donors (Lipinski definition) is 2. The van der Waals surface area contributed by atoms with Gasteiger partial charge in [0.15, 0.2) is 5.69 Å². The van der Waals surface area contributed by atoms with E-state index >= 15 is 0 Å². The first-order chi connectivity index (χ1) is 10.6. The first-order valence-corrected chi connectivity index (χ1v) is 6.68. The van der Waals surface area contributed by atoms with Crippen LogP contribution in [0.15, 0.2) is 29.1 Å². The van der Waals surface area contributed by atoms with E-state index in [1.807, 2.05) is 24.3 Å². The van der Waals surface area contributed by atoms with Crippen LogP contribution in [0.25, 0.3) is 17.9 Å². The van der Waals surface area contributed by atoms with Crippen molar-refractivity contribution in [2.24, 2.45) is 0 Å². The van der Waals surface area contributed by atoms with Gasteiger partial charge in [0.1, 0.15) is 5.75 Å². The third-order valence-corrected chi connectivity index (χ3v) is 3.31. The SMILES string of the molecule is COc1ccc(C=Cc2nn3c(=S)[nH]nc3n(N)c2=O)cc1. The molecule has 3 N–H and O–H groups in total. The number of nitrogens with zero attached hydrogens (tertiary/aromatic N) is 4. The van der Waals surface area contributed by atoms with Gasteiger partial charge in [0.05, 0.1) is 7.11 Å². The van der Waals surface area contributed by atoms with Gasteiger partial charge in [0.2, 0.25) is 4.77 Å². The van der Waals surface area contributed by atoms with Crippen LogP contribution in [0.3, 0.4) is 0 Å². The molecule has 0 bridgehead atoms. The number of methoxy groups -OCH3 is 1. The Kier molecular flexibility index (Phi) is 3.47. The molecule has 0 unspecified atom stereocenters. The van der Waals surface area contributed by atoms with Crippen molar-refractivity contribution in [3.63, 3.8) is 0 Å². The summed E-state index contributed by atoms with van der Waals surface area (Å²) in [6, 6.07) is 7.37. The van der Waals surface area contributed by atoms with Gasteiger partial charge in [-0.05, 0) is 36.0 Å². The highest BCUT2D eigenvalue weighted by Crippen LogP contribution is 2.13. The zero-order valence-corrected chi connectivity index (χ0v) is 12.4. The molecule has 0 saturated carbocycles. The Labute approximate surface area is 129 Å². The molecule has 0 aliphatic heterocycles. The topological polar surface area (TPSA) is 103 Å². The maximum Gasteiger partial charge on any atom is 0.299 e. The van der Waals surface area contributed by atoms with Crippen LogP contribution in [0, 0.1) is 4.77 Å². The van der Waals surface area contributed by atoms with Crippen LogP contribution in [0.4, 0.5) is 0 Å². The lowest BCUT2D eigenvalue weighted by molar-refractivity contribution is 0.415. The number of H-pyrrole nitrogens is 1. The van der Waals surface area contributed by atoms with E-state index in [2.05, 4.69) is 15.3 Å². The van der Waals surface area contributed by atoms with Crippen molar-refractivity contribution in [2.45, 2.75) is 0 Å². The number of nitrogens with two attached hydrogens (primary N) is 1. The predicted molar refractivity (Wildman–Crippen MR) is 84.5 cm³/mol. The van der Waals surface area contributed by atoms with Crippen LogP contribution >= 0.6 is 12.2 Å². The van der Waals surface area contributed by atoms with Crippen molar-refractivity contribution in [1.82, 2.24) is 24.5 Å². The van der Waals surface area contributed by atoms with Crippen molar-refractivity contribution >= 4 is 30.1 Å². The number of fused-ring (bicyclic) bond motifs is 1. The van der Waals surface area contributed by atoms with Crippen molar-refractivity contribution < 1.29 is 4.74 Å². The van der Waals surface area contributed by atoms with Gasteiger partial charge >= 0.3 is 0 Å². The molecule has 0 fully saturated rings. The molecule has 8 nitrogen and oxygen atoms in total. The van der Waals surface area contributed by atoms with E-state index in [4.69, 9.17) is 22.8 Å². The van der Waals surface area contributed by atoms with Crippen molar-refractivity contribution in [3.8, 4) is 5.75 Å². The summed E-state index contributed by atoms with van der Waals surface area (Å²) in [4.78, 5) is 12.1. The highest BCUT2D eigenvalue weighted by atomic mass is 32.1. The molecule has 22 heavy (non-hydrogen) atoms. The predicted octanol–water partition coefficient (Wildman–Crippen LogP) is 0.841. The third-order valence-electron chi connectivity index (χ3n) is 3.04. The zero-order chi connectivity index (χ0) is 15.7. The second kappa shape index (κ2) is 5.45. The van der Waals surface area contributed by atoms with Gasteiger partial charge in [-0.2, -0.15) is 14.3 Å². The Hall–Kier alpha value is -2.94. The van der Waals surface area contributed by atoms with Gasteiger partial charge in [-0.1, -0.05) is 18.2 Å². The maximum atomic E-state index is 12.1. The Morgan fingerprint density at radius 3 is 2.73 bits per heavy atom. The highest BCUT2D eigenvalue weighted by Gasteiger charge is 2.09. The molecule has 0 radical (unpaired) electrons. The summed E-state index contributed by atoms with van der Waals surface area (Å²) in [5.41, 5.74) is 0.580. The largest absolute Gasteiger partial charge is 0.497 e. The Morgan fingerprint density at radius 1 is 1.32 bits per heavy atom. The normalized spacial score (nSPS) is 11.3. The minimum absolute atomic E-state index is 0.150. The molecule has 3 rings (SSSR count). The molecule has 2 aromatic heterocycles. The molecule has 112 valence electrons. The summed E-state index contributed by atoms with van der Waals surface area (Å²) < 4.78 is 7.54. The number of aromatic amines is 1. The van der Waals surface area contributed by atoms with E-state index < -0.39 is 5.56 Å². The fourth-order valence-electron chi connectivity index (χ4n) is 1.89. The van der Waals surface area contributed by atoms with Gasteiger partial charge < -0.3 is 10.6 Å². The molecule has 0 aliphatic carbocycles. The van der Waals surface area contributed by atoms with Crippen LogP contribution in [-0.4, -0.2) is 31.6 Å². The van der Waals surface area contributed by atoms with Gasteiger partial charge in [-0.15, -0.1) is 5.10 Å². The van der Waals surface area contributed by atoms with Crippen LogP contribution in [0.5, 0.6) is 5.75 Å². The lowest BCUT2D eigenvalue weighted by atomic mass is 10.2. The Morgan fingerprint density at radius 2 is 2.05 bits per heavy atom. The minimum atomic E-state index is -0.466. The summed E-state index contributed by atoms with van der Waals surface area (Å²) >= 11 is 5.03. The smallest absolute Gasteiger partial charge is 0.299 e. The molecular formula is C13H12N6O2S. The molecule has 0 amide bonds. The van der Waals surface area contributed by atoms with Crippen LogP contribution in [0.1, 0.15) is 11.3 Å². The maximum absolute atomic E-state index is 12.1. The molecule has 0 aliphatic rings. The first kappa shape index (κ1) is 14.0. The second-order valence-electron chi connectivity index (χ2n) is 4.41. The van der Waals surface area contributed by atoms with Crippen molar-refractivity contribution in [1.29, 1.82) is 0 Å². The Balaban J connectivity index is 2.04. The number of nitrogens with one attached hydrogen (secondary N) is 1. The molecule has 0 atom stereocenters. The lowest BCUT2D eigenvalue weighted by Crippen LogP contribution is -2.32. The highest BCUT2D eigenvalue weighted by molar-refractivity contribution is 7.71.